The molecule has 110 valence electrons. The van der Waals surface area contributed by atoms with Crippen molar-refractivity contribution in [3.63, 3.8) is 0 Å². The number of alkyl carbamates (subject to hydrolysis) is 1. The van der Waals surface area contributed by atoms with Crippen LogP contribution in [0, 0.1) is 0 Å². The molecule has 1 atom stereocenters. The molecular formula is C11H9Cl4NO4. The Bertz CT molecular complexity index is 534. The van der Waals surface area contributed by atoms with Crippen LogP contribution in [0.25, 0.3) is 0 Å². The van der Waals surface area contributed by atoms with E-state index in [4.69, 9.17) is 60.6 Å². The van der Waals surface area contributed by atoms with Crippen LogP contribution in [-0.2, 0) is 4.74 Å². The fourth-order valence-electron chi connectivity index (χ4n) is 1.52. The molecule has 1 amide bonds. The summed E-state index contributed by atoms with van der Waals surface area (Å²) in [6.07, 6.45) is -0.849. The number of nitrogens with one attached hydrogen (secondary N) is 1. The number of ether oxygens (including phenoxy) is 3. The Hall–Kier alpha value is -0.750. The SMILES string of the molecule is CCOC(=O)N[C@@]1(C(Cl)(Cl)Cl)Oc2ccc(Cl)cc2O1. The molecule has 1 N–H and O–H groups in total. The normalized spacial score (nSPS) is 20.6. The van der Waals surface area contributed by atoms with Crippen molar-refractivity contribution in [3.8, 4) is 11.5 Å². The predicted octanol–water partition coefficient (Wildman–Crippen LogP) is 3.88. The third kappa shape index (κ3) is 2.96. The average Bonchev–Trinajstić information content (AvgIpc) is 2.67. The Labute approximate surface area is 135 Å². The lowest BCUT2D eigenvalue weighted by Gasteiger charge is -2.32. The summed E-state index contributed by atoms with van der Waals surface area (Å²) >= 11 is 23.4. The Morgan fingerprint density at radius 3 is 2.60 bits per heavy atom. The molecule has 1 aromatic rings. The molecule has 2 rings (SSSR count). The van der Waals surface area contributed by atoms with Gasteiger partial charge in [-0.1, -0.05) is 46.4 Å². The first kappa shape index (κ1) is 15.6. The number of rotatable bonds is 2. The van der Waals surface area contributed by atoms with Crippen molar-refractivity contribution in [2.75, 3.05) is 6.61 Å². The van der Waals surface area contributed by atoms with Crippen LogP contribution >= 0.6 is 46.4 Å². The number of halogens is 4. The van der Waals surface area contributed by atoms with Gasteiger partial charge < -0.3 is 14.2 Å². The quantitative estimate of drug-likeness (QED) is 0.813. The van der Waals surface area contributed by atoms with Crippen LogP contribution in [-0.4, -0.2) is 22.4 Å². The first-order valence-electron chi connectivity index (χ1n) is 5.46. The molecule has 9 heteroatoms. The molecule has 1 aliphatic heterocycles. The molecule has 1 aromatic carbocycles. The van der Waals surface area contributed by atoms with Crippen LogP contribution in [0.2, 0.25) is 5.02 Å². The molecule has 0 aliphatic carbocycles. The van der Waals surface area contributed by atoms with E-state index in [9.17, 15) is 4.79 Å². The smallest absolute Gasteiger partial charge is 0.413 e. The Kier molecular flexibility index (Phi) is 4.35. The Morgan fingerprint density at radius 1 is 1.35 bits per heavy atom. The maximum atomic E-state index is 11.6. The molecule has 0 fully saturated rings. The topological polar surface area (TPSA) is 56.8 Å². The van der Waals surface area contributed by atoms with Crippen molar-refractivity contribution in [1.29, 1.82) is 0 Å². The van der Waals surface area contributed by atoms with E-state index in [1.165, 1.54) is 12.1 Å². The van der Waals surface area contributed by atoms with E-state index in [1.807, 2.05) is 0 Å². The first-order valence-corrected chi connectivity index (χ1v) is 6.98. The van der Waals surface area contributed by atoms with Gasteiger partial charge in [-0.15, -0.1) is 0 Å². The van der Waals surface area contributed by atoms with Crippen molar-refractivity contribution >= 4 is 52.5 Å². The molecule has 0 spiro atoms. The maximum absolute atomic E-state index is 11.6. The number of benzene rings is 1. The summed E-state index contributed by atoms with van der Waals surface area (Å²) in [4.78, 5) is 11.6. The second-order valence-corrected chi connectivity index (χ2v) is 6.47. The molecule has 0 aromatic heterocycles. The number of hydrogen-bond acceptors (Lipinski definition) is 4. The van der Waals surface area contributed by atoms with Gasteiger partial charge in [-0.2, -0.15) is 0 Å². The Balaban J connectivity index is 2.31. The van der Waals surface area contributed by atoms with E-state index in [1.54, 1.807) is 13.0 Å². The molecular weight excluding hydrogens is 352 g/mol. The highest BCUT2D eigenvalue weighted by molar-refractivity contribution is 6.68. The van der Waals surface area contributed by atoms with E-state index in [-0.39, 0.29) is 18.1 Å². The van der Waals surface area contributed by atoms with Gasteiger partial charge in [-0.3, -0.25) is 0 Å². The van der Waals surface area contributed by atoms with Crippen LogP contribution in [0.15, 0.2) is 18.2 Å². The lowest BCUT2D eigenvalue weighted by molar-refractivity contribution is -0.0989. The van der Waals surface area contributed by atoms with Crippen LogP contribution in [0.4, 0.5) is 4.79 Å². The minimum absolute atomic E-state index is 0.139. The van der Waals surface area contributed by atoms with Gasteiger partial charge in [0.25, 0.3) is 3.79 Å². The number of carbonyl (C=O) groups excluding carboxylic acids is 1. The summed E-state index contributed by atoms with van der Waals surface area (Å²) in [5, 5.41) is 2.66. The van der Waals surface area contributed by atoms with Crippen LogP contribution < -0.4 is 14.8 Å². The fourth-order valence-corrected chi connectivity index (χ4v) is 2.05. The van der Waals surface area contributed by atoms with E-state index in [0.717, 1.165) is 0 Å². The van der Waals surface area contributed by atoms with Crippen LogP contribution in [0.5, 0.6) is 11.5 Å². The summed E-state index contributed by atoms with van der Waals surface area (Å²) in [5.41, 5.74) is 0. The molecule has 20 heavy (non-hydrogen) atoms. The molecule has 0 saturated carbocycles. The molecule has 5 nitrogen and oxygen atoms in total. The second-order valence-electron chi connectivity index (χ2n) is 3.75. The van der Waals surface area contributed by atoms with Gasteiger partial charge in [0.1, 0.15) is 0 Å². The lowest BCUT2D eigenvalue weighted by Crippen LogP contribution is -2.63. The minimum atomic E-state index is -2.11. The van der Waals surface area contributed by atoms with Crippen molar-refractivity contribution in [2.24, 2.45) is 0 Å². The largest absolute Gasteiger partial charge is 0.450 e. The highest BCUT2D eigenvalue weighted by Gasteiger charge is 2.60. The zero-order valence-electron chi connectivity index (χ0n) is 10.1. The summed E-state index contributed by atoms with van der Waals surface area (Å²) in [7, 11) is 0. The van der Waals surface area contributed by atoms with Gasteiger partial charge in [-0.05, 0) is 19.1 Å². The summed E-state index contributed by atoms with van der Waals surface area (Å²) in [6.45, 7) is 1.77. The van der Waals surface area contributed by atoms with Crippen molar-refractivity contribution in [3.05, 3.63) is 23.2 Å². The third-order valence-corrected chi connectivity index (χ3v) is 3.31. The van der Waals surface area contributed by atoms with Gasteiger partial charge in [0, 0.05) is 11.1 Å². The minimum Gasteiger partial charge on any atom is -0.450 e. The van der Waals surface area contributed by atoms with Gasteiger partial charge >= 0.3 is 12.0 Å². The molecule has 0 unspecified atom stereocenters. The third-order valence-electron chi connectivity index (χ3n) is 2.33. The second kappa shape index (κ2) is 5.56. The van der Waals surface area contributed by atoms with Crippen LogP contribution in [0.3, 0.4) is 0 Å². The van der Waals surface area contributed by atoms with Gasteiger partial charge in [0.05, 0.1) is 6.61 Å². The number of carbonyl (C=O) groups is 1. The average molecular weight is 361 g/mol. The summed E-state index contributed by atoms with van der Waals surface area (Å²) in [5.74, 6) is -1.52. The number of amides is 1. The monoisotopic (exact) mass is 359 g/mol. The molecule has 0 saturated heterocycles. The number of hydrogen-bond donors (Lipinski definition) is 1. The zero-order valence-corrected chi connectivity index (χ0v) is 13.1. The first-order chi connectivity index (χ1) is 9.27. The van der Waals surface area contributed by atoms with E-state index in [0.29, 0.717) is 5.02 Å². The fraction of sp³-hybridized carbons (Fsp3) is 0.364. The van der Waals surface area contributed by atoms with Crippen molar-refractivity contribution < 1.29 is 19.0 Å². The van der Waals surface area contributed by atoms with Gasteiger partial charge in [0.15, 0.2) is 11.5 Å². The van der Waals surface area contributed by atoms with Crippen LogP contribution in [0.1, 0.15) is 6.92 Å². The van der Waals surface area contributed by atoms with E-state index < -0.39 is 15.8 Å². The standard InChI is InChI=1S/C11H9Cl4NO4/c1-2-18-9(17)16-11(10(13,14)15)19-7-4-3-6(12)5-8(7)20-11/h3-5H,2H2,1H3,(H,16,17)/t11-/m0/s1. The van der Waals surface area contributed by atoms with E-state index in [2.05, 4.69) is 5.32 Å². The Morgan fingerprint density at radius 2 is 2.00 bits per heavy atom. The highest BCUT2D eigenvalue weighted by Crippen LogP contribution is 2.49. The summed E-state index contributed by atoms with van der Waals surface area (Å²) < 4.78 is 13.5. The van der Waals surface area contributed by atoms with Gasteiger partial charge in [-0.25, -0.2) is 10.1 Å². The number of alkyl halides is 3. The van der Waals surface area contributed by atoms with Crippen molar-refractivity contribution in [1.82, 2.24) is 5.32 Å². The van der Waals surface area contributed by atoms with E-state index >= 15 is 0 Å². The lowest BCUT2D eigenvalue weighted by atomic mass is 10.3. The maximum Gasteiger partial charge on any atom is 0.413 e. The molecule has 0 radical (unpaired) electrons. The highest BCUT2D eigenvalue weighted by atomic mass is 35.6. The zero-order chi connectivity index (χ0) is 15.0. The van der Waals surface area contributed by atoms with Crippen molar-refractivity contribution in [2.45, 2.75) is 16.6 Å². The van der Waals surface area contributed by atoms with Gasteiger partial charge in [0.2, 0.25) is 0 Å². The summed E-state index contributed by atoms with van der Waals surface area (Å²) in [6, 6.07) is 4.58. The predicted molar refractivity (Wildman–Crippen MR) is 75.9 cm³/mol. The molecule has 0 bridgehead atoms. The molecule has 1 heterocycles. The molecule has 1 aliphatic rings. The number of fused-ring (bicyclic) bond motifs is 1.